The van der Waals surface area contributed by atoms with Gasteiger partial charge in [-0.1, -0.05) is 228 Å². The Kier molecular flexibility index (Phi) is 57.2. The van der Waals surface area contributed by atoms with Crippen molar-refractivity contribution in [2.75, 3.05) is 26.4 Å². The van der Waals surface area contributed by atoms with Crippen molar-refractivity contribution in [1.82, 2.24) is 0 Å². The fourth-order valence-electron chi connectivity index (χ4n) is 8.49. The van der Waals surface area contributed by atoms with E-state index < -0.39 is 57.8 Å². The molecule has 2 N–H and O–H groups in total. The van der Waals surface area contributed by atoms with E-state index in [0.717, 1.165) is 109 Å². The highest BCUT2D eigenvalue weighted by Gasteiger charge is 2.28. The zero-order valence-electron chi connectivity index (χ0n) is 49.9. The van der Waals surface area contributed by atoms with Crippen molar-refractivity contribution >= 4 is 25.7 Å². The first-order valence-electron chi connectivity index (χ1n) is 31.5. The van der Waals surface area contributed by atoms with Gasteiger partial charge in [-0.05, 0) is 116 Å². The highest BCUT2D eigenvalue weighted by atomic mass is 31.2. The molecule has 3 unspecified atom stereocenters. The molecule has 0 aromatic carbocycles. The molecule has 0 rings (SSSR count). The lowest BCUT2D eigenvalue weighted by Gasteiger charge is -2.21. The first kappa shape index (κ1) is 74.7. The maximum absolute atomic E-state index is 13.0. The summed E-state index contributed by atoms with van der Waals surface area (Å²) in [5, 5.41) is 9.83. The molecule has 0 saturated heterocycles. The van der Waals surface area contributed by atoms with Gasteiger partial charge >= 0.3 is 25.7 Å². The molecule has 0 amide bonds. The minimum atomic E-state index is -4.76. The third kappa shape index (κ3) is 57.3. The summed E-state index contributed by atoms with van der Waals surface area (Å²) in [6, 6.07) is 0. The lowest BCUT2D eigenvalue weighted by Crippen LogP contribution is -2.30. The number of esters is 3. The molecule has 3 atom stereocenters. The van der Waals surface area contributed by atoms with Gasteiger partial charge in [0.2, 0.25) is 0 Å². The Labute approximate surface area is 477 Å². The van der Waals surface area contributed by atoms with Crippen LogP contribution in [0.2, 0.25) is 0 Å². The van der Waals surface area contributed by atoms with Gasteiger partial charge in [0.05, 0.1) is 19.8 Å². The molecular formula is C66H115O11P. The van der Waals surface area contributed by atoms with Crippen LogP contribution in [-0.2, 0) is 42.2 Å². The van der Waals surface area contributed by atoms with E-state index in [4.69, 9.17) is 23.3 Å². The SMILES string of the molecule is CC/C=C\C/C=C\C/C=C\C/C=C\C/C=C\CCCCCC(=O)OCC(COP(=O)(O)OCC(CO)OC(=O)CCCCCCC/C=C\CCCCCC)OC(=O)CCCCCCCCCCC/C=C\CCCCCCCC. The van der Waals surface area contributed by atoms with Crippen molar-refractivity contribution in [2.24, 2.45) is 0 Å². The summed E-state index contributed by atoms with van der Waals surface area (Å²) in [5.74, 6) is -1.51. The molecule has 0 spiro atoms. The van der Waals surface area contributed by atoms with Crippen LogP contribution >= 0.6 is 7.82 Å². The fourth-order valence-corrected chi connectivity index (χ4v) is 9.27. The fraction of sp³-hybridized carbons (Fsp3) is 0.742. The molecule has 0 aliphatic rings. The number of aliphatic hydroxyl groups excluding tert-OH is 1. The molecule has 78 heavy (non-hydrogen) atoms. The number of aliphatic hydroxyl groups is 1. The third-order valence-corrected chi connectivity index (χ3v) is 14.2. The lowest BCUT2D eigenvalue weighted by molar-refractivity contribution is -0.161. The summed E-state index contributed by atoms with van der Waals surface area (Å²) in [7, 11) is -4.76. The van der Waals surface area contributed by atoms with Gasteiger partial charge in [0.25, 0.3) is 0 Å². The quantitative estimate of drug-likeness (QED) is 0.0197. The Morgan fingerprint density at radius 3 is 1.06 bits per heavy atom. The number of rotatable bonds is 58. The number of carbonyl (C=O) groups is 3. The first-order chi connectivity index (χ1) is 38.2. The zero-order valence-corrected chi connectivity index (χ0v) is 50.8. The summed E-state index contributed by atoms with van der Waals surface area (Å²) < 4.78 is 39.6. The molecule has 0 aliphatic carbocycles. The topological polar surface area (TPSA) is 155 Å². The molecule has 12 heteroatoms. The maximum atomic E-state index is 13.0. The molecular weight excluding hydrogens is 1000 g/mol. The Balaban J connectivity index is 4.77. The van der Waals surface area contributed by atoms with Gasteiger partial charge in [0.15, 0.2) is 6.10 Å². The second-order valence-electron chi connectivity index (χ2n) is 20.8. The number of phosphoric acid groups is 1. The van der Waals surface area contributed by atoms with Crippen LogP contribution in [-0.4, -0.2) is 66.5 Å². The number of unbranched alkanes of at least 4 members (excludes halogenated alkanes) is 27. The Morgan fingerprint density at radius 2 is 0.667 bits per heavy atom. The average molecular weight is 1120 g/mol. The van der Waals surface area contributed by atoms with Crippen LogP contribution in [0.3, 0.4) is 0 Å². The molecule has 11 nitrogen and oxygen atoms in total. The van der Waals surface area contributed by atoms with Crippen molar-refractivity contribution in [2.45, 2.75) is 290 Å². The van der Waals surface area contributed by atoms with Crippen LogP contribution in [0.1, 0.15) is 278 Å². The monoisotopic (exact) mass is 1110 g/mol. The number of hydrogen-bond acceptors (Lipinski definition) is 10. The van der Waals surface area contributed by atoms with Gasteiger partial charge in [-0.3, -0.25) is 23.4 Å². The number of allylic oxidation sites excluding steroid dienone is 14. The number of hydrogen-bond donors (Lipinski definition) is 2. The largest absolute Gasteiger partial charge is 0.472 e. The van der Waals surface area contributed by atoms with Crippen LogP contribution in [0.4, 0.5) is 0 Å². The van der Waals surface area contributed by atoms with Gasteiger partial charge in [-0.15, -0.1) is 0 Å². The Morgan fingerprint density at radius 1 is 0.372 bits per heavy atom. The molecule has 0 bridgehead atoms. The summed E-state index contributed by atoms with van der Waals surface area (Å²) in [4.78, 5) is 48.7. The Hall–Kier alpha value is -3.34. The van der Waals surface area contributed by atoms with E-state index in [1.165, 1.54) is 109 Å². The second-order valence-corrected chi connectivity index (χ2v) is 22.3. The molecule has 0 heterocycles. The van der Waals surface area contributed by atoms with Crippen LogP contribution in [0.15, 0.2) is 85.1 Å². The maximum Gasteiger partial charge on any atom is 0.472 e. The lowest BCUT2D eigenvalue weighted by atomic mass is 10.1. The van der Waals surface area contributed by atoms with Gasteiger partial charge in [-0.25, -0.2) is 4.57 Å². The van der Waals surface area contributed by atoms with E-state index in [0.29, 0.717) is 19.3 Å². The van der Waals surface area contributed by atoms with E-state index in [9.17, 15) is 28.9 Å². The first-order valence-corrected chi connectivity index (χ1v) is 33.0. The van der Waals surface area contributed by atoms with Crippen LogP contribution in [0.25, 0.3) is 0 Å². The third-order valence-electron chi connectivity index (χ3n) is 13.3. The summed E-state index contributed by atoms with van der Waals surface area (Å²) in [6.07, 6.45) is 69.6. The van der Waals surface area contributed by atoms with Crippen molar-refractivity contribution in [3.05, 3.63) is 85.1 Å². The molecule has 0 fully saturated rings. The summed E-state index contributed by atoms with van der Waals surface area (Å²) >= 11 is 0. The van der Waals surface area contributed by atoms with Gasteiger partial charge in [-0.2, -0.15) is 0 Å². The molecule has 0 radical (unpaired) electrons. The number of carbonyl (C=O) groups excluding carboxylic acids is 3. The number of ether oxygens (including phenoxy) is 3. The van der Waals surface area contributed by atoms with E-state index >= 15 is 0 Å². The normalized spacial score (nSPS) is 13.9. The number of phosphoric ester groups is 1. The second kappa shape index (κ2) is 59.8. The van der Waals surface area contributed by atoms with Crippen LogP contribution in [0.5, 0.6) is 0 Å². The highest BCUT2D eigenvalue weighted by Crippen LogP contribution is 2.43. The predicted octanol–water partition coefficient (Wildman–Crippen LogP) is 19.0. The molecule has 0 aromatic rings. The Bertz CT molecular complexity index is 1630. The van der Waals surface area contributed by atoms with Gasteiger partial charge in [0, 0.05) is 19.3 Å². The molecule has 450 valence electrons. The van der Waals surface area contributed by atoms with Crippen molar-refractivity contribution in [3.63, 3.8) is 0 Å². The average Bonchev–Trinajstić information content (AvgIpc) is 3.43. The molecule has 0 aliphatic heterocycles. The van der Waals surface area contributed by atoms with Crippen LogP contribution < -0.4 is 0 Å². The summed E-state index contributed by atoms with van der Waals surface area (Å²) in [6.45, 7) is 4.49. The molecule has 0 saturated carbocycles. The predicted molar refractivity (Wildman–Crippen MR) is 325 cm³/mol. The van der Waals surface area contributed by atoms with Crippen LogP contribution in [0, 0.1) is 0 Å². The standard InChI is InChI=1S/C66H115O11P/c1-4-7-10-13-16-19-22-25-27-29-31-33-35-38-40-43-46-49-52-55-64(68)73-59-63(77-66(70)57-54-51-48-45-42-39-36-34-32-30-28-26-23-20-17-14-11-8-5-2)61-75-78(71,72)74-60-62(58-67)76-65(69)56-53-50-47-44-41-37-24-21-18-15-12-9-6-3/h7,10,16,19,21,24-28,31,33,38,40,62-63,67H,4-6,8-9,11-15,17-18,20,22-23,29-30,32,34-37,39,41-61H2,1-3H3,(H,71,72)/b10-7-,19-16-,24-21-,27-25-,28-26-,33-31-,40-38-. The summed E-state index contributed by atoms with van der Waals surface area (Å²) in [5.41, 5.74) is 0. The van der Waals surface area contributed by atoms with Crippen molar-refractivity contribution < 1.29 is 52.2 Å². The smallest absolute Gasteiger partial charge is 0.462 e. The zero-order chi connectivity index (χ0) is 56.9. The van der Waals surface area contributed by atoms with Gasteiger partial charge < -0.3 is 24.2 Å². The minimum Gasteiger partial charge on any atom is -0.462 e. The van der Waals surface area contributed by atoms with Crippen molar-refractivity contribution in [1.29, 1.82) is 0 Å². The molecule has 0 aromatic heterocycles. The van der Waals surface area contributed by atoms with E-state index in [2.05, 4.69) is 106 Å². The van der Waals surface area contributed by atoms with Crippen molar-refractivity contribution in [3.8, 4) is 0 Å². The van der Waals surface area contributed by atoms with E-state index in [1.54, 1.807) is 0 Å². The van der Waals surface area contributed by atoms with E-state index in [-0.39, 0.29) is 25.9 Å². The van der Waals surface area contributed by atoms with Gasteiger partial charge in [0.1, 0.15) is 12.7 Å². The minimum absolute atomic E-state index is 0.155. The highest BCUT2D eigenvalue weighted by molar-refractivity contribution is 7.47. The van der Waals surface area contributed by atoms with E-state index in [1.807, 2.05) is 0 Å².